The number of aromatic amines is 1. The topological polar surface area (TPSA) is 91.1 Å². The number of hydrogen-bond acceptors (Lipinski definition) is 3. The van der Waals surface area contributed by atoms with Crippen molar-refractivity contribution < 1.29 is 13.2 Å². The van der Waals surface area contributed by atoms with Gasteiger partial charge in [-0.2, -0.15) is 4.72 Å². The molecule has 0 aliphatic rings. The Kier molecular flexibility index (Phi) is 7.14. The molecule has 176 valence electrons. The van der Waals surface area contributed by atoms with E-state index in [2.05, 4.69) is 15.0 Å². The molecule has 1 amide bonds. The lowest BCUT2D eigenvalue weighted by Crippen LogP contribution is -2.48. The van der Waals surface area contributed by atoms with E-state index in [0.717, 1.165) is 27.6 Å². The van der Waals surface area contributed by atoms with Gasteiger partial charge < -0.3 is 10.3 Å². The molecule has 0 spiro atoms. The van der Waals surface area contributed by atoms with Crippen molar-refractivity contribution in [3.8, 4) is 0 Å². The van der Waals surface area contributed by atoms with E-state index < -0.39 is 16.1 Å². The molecule has 0 fully saturated rings. The number of aromatic nitrogens is 1. The summed E-state index contributed by atoms with van der Waals surface area (Å²) in [5.74, 6) is -0.354. The number of carbonyl (C=O) groups is 1. The van der Waals surface area contributed by atoms with E-state index in [1.165, 1.54) is 5.56 Å². The summed E-state index contributed by atoms with van der Waals surface area (Å²) in [6.45, 7) is 4.34. The summed E-state index contributed by atoms with van der Waals surface area (Å²) < 4.78 is 28.8. The second kappa shape index (κ2) is 10.2. The summed E-state index contributed by atoms with van der Waals surface area (Å²) >= 11 is 0. The van der Waals surface area contributed by atoms with Crippen LogP contribution < -0.4 is 10.0 Å². The van der Waals surface area contributed by atoms with E-state index in [0.29, 0.717) is 13.0 Å². The summed E-state index contributed by atoms with van der Waals surface area (Å²) in [6, 6.07) is 21.5. The zero-order valence-corrected chi connectivity index (χ0v) is 20.2. The average molecular weight is 476 g/mol. The van der Waals surface area contributed by atoms with Gasteiger partial charge in [0.1, 0.15) is 6.04 Å². The van der Waals surface area contributed by atoms with E-state index in [1.54, 1.807) is 24.3 Å². The molecule has 0 aliphatic carbocycles. The van der Waals surface area contributed by atoms with Crippen molar-refractivity contribution in [2.24, 2.45) is 0 Å². The van der Waals surface area contributed by atoms with Gasteiger partial charge in [-0.1, -0.05) is 65.7 Å². The molecule has 3 N–H and O–H groups in total. The van der Waals surface area contributed by atoms with Gasteiger partial charge in [0.05, 0.1) is 4.90 Å². The van der Waals surface area contributed by atoms with E-state index in [1.807, 2.05) is 68.6 Å². The van der Waals surface area contributed by atoms with E-state index >= 15 is 0 Å². The lowest BCUT2D eigenvalue weighted by molar-refractivity contribution is -0.122. The van der Waals surface area contributed by atoms with Crippen molar-refractivity contribution in [2.75, 3.05) is 6.54 Å². The largest absolute Gasteiger partial charge is 0.361 e. The fourth-order valence-corrected chi connectivity index (χ4v) is 5.08. The van der Waals surface area contributed by atoms with Gasteiger partial charge >= 0.3 is 0 Å². The Balaban J connectivity index is 1.53. The summed E-state index contributed by atoms with van der Waals surface area (Å²) in [6.07, 6.45) is 2.72. The smallest absolute Gasteiger partial charge is 0.241 e. The van der Waals surface area contributed by atoms with Crippen LogP contribution in [0.5, 0.6) is 0 Å². The Labute approximate surface area is 200 Å². The standard InChI is InChI=1S/C27H29N3O3S/c1-19-7-11-21(12-8-19)15-16-28-27(31)26(17-22-18-29-25-6-4-3-5-24(22)25)30-34(32,33)23-13-9-20(2)10-14-23/h3-14,18,26,29-30H,15-17H2,1-2H3,(H,28,31). The first-order valence-corrected chi connectivity index (χ1v) is 12.8. The van der Waals surface area contributed by atoms with Crippen molar-refractivity contribution in [3.63, 3.8) is 0 Å². The van der Waals surface area contributed by atoms with Crippen molar-refractivity contribution in [2.45, 2.75) is 37.6 Å². The molecular formula is C27H29N3O3S. The van der Waals surface area contributed by atoms with Crippen LogP contribution in [0.15, 0.2) is 83.9 Å². The quantitative estimate of drug-likeness (QED) is 0.341. The van der Waals surface area contributed by atoms with Gasteiger partial charge in [0.15, 0.2) is 0 Å². The number of aryl methyl sites for hydroxylation is 2. The number of para-hydroxylation sites is 1. The van der Waals surface area contributed by atoms with Crippen LogP contribution in [0.2, 0.25) is 0 Å². The van der Waals surface area contributed by atoms with Crippen LogP contribution in [0.3, 0.4) is 0 Å². The zero-order chi connectivity index (χ0) is 24.1. The van der Waals surface area contributed by atoms with E-state index in [9.17, 15) is 13.2 Å². The monoisotopic (exact) mass is 475 g/mol. The van der Waals surface area contributed by atoms with Crippen LogP contribution in [-0.4, -0.2) is 31.9 Å². The van der Waals surface area contributed by atoms with Gasteiger partial charge in [0, 0.05) is 23.6 Å². The molecule has 0 saturated heterocycles. The Hall–Kier alpha value is -3.42. The second-order valence-corrected chi connectivity index (χ2v) is 10.3. The average Bonchev–Trinajstić information content (AvgIpc) is 3.23. The lowest BCUT2D eigenvalue weighted by Gasteiger charge is -2.19. The highest BCUT2D eigenvalue weighted by Crippen LogP contribution is 2.20. The van der Waals surface area contributed by atoms with Crippen LogP contribution in [0.4, 0.5) is 0 Å². The number of H-pyrrole nitrogens is 1. The normalized spacial score (nSPS) is 12.5. The highest BCUT2D eigenvalue weighted by molar-refractivity contribution is 7.89. The maximum atomic E-state index is 13.2. The van der Waals surface area contributed by atoms with Crippen LogP contribution in [-0.2, 0) is 27.7 Å². The lowest BCUT2D eigenvalue weighted by atomic mass is 10.0. The number of rotatable bonds is 9. The molecule has 0 bridgehead atoms. The minimum Gasteiger partial charge on any atom is -0.361 e. The van der Waals surface area contributed by atoms with Gasteiger partial charge in [-0.25, -0.2) is 8.42 Å². The van der Waals surface area contributed by atoms with E-state index in [4.69, 9.17) is 0 Å². The second-order valence-electron chi connectivity index (χ2n) is 8.58. The van der Waals surface area contributed by atoms with Crippen LogP contribution >= 0.6 is 0 Å². The number of nitrogens with one attached hydrogen (secondary N) is 3. The Morgan fingerprint density at radius 1 is 0.912 bits per heavy atom. The maximum Gasteiger partial charge on any atom is 0.241 e. The predicted molar refractivity (Wildman–Crippen MR) is 135 cm³/mol. The number of benzene rings is 3. The van der Waals surface area contributed by atoms with Gasteiger partial charge in [0.25, 0.3) is 0 Å². The van der Waals surface area contributed by atoms with Crippen LogP contribution in [0.1, 0.15) is 22.3 Å². The summed E-state index contributed by atoms with van der Waals surface area (Å²) in [7, 11) is -3.88. The van der Waals surface area contributed by atoms with Gasteiger partial charge in [-0.05, 0) is 56.0 Å². The van der Waals surface area contributed by atoms with E-state index in [-0.39, 0.29) is 17.2 Å². The summed E-state index contributed by atoms with van der Waals surface area (Å²) in [4.78, 5) is 16.5. The molecule has 7 heteroatoms. The van der Waals surface area contributed by atoms with Crippen LogP contribution in [0, 0.1) is 13.8 Å². The number of sulfonamides is 1. The molecular weight excluding hydrogens is 446 g/mol. The zero-order valence-electron chi connectivity index (χ0n) is 19.3. The molecule has 0 aliphatic heterocycles. The fraction of sp³-hybridized carbons (Fsp3) is 0.222. The Morgan fingerprint density at radius 3 is 2.26 bits per heavy atom. The highest BCUT2D eigenvalue weighted by Gasteiger charge is 2.26. The summed E-state index contributed by atoms with van der Waals surface area (Å²) in [5.41, 5.74) is 5.07. The molecule has 1 aromatic heterocycles. The predicted octanol–water partition coefficient (Wildman–Crippen LogP) is 4.03. The molecule has 4 rings (SSSR count). The first kappa shape index (κ1) is 23.7. The molecule has 1 unspecified atom stereocenters. The number of carbonyl (C=O) groups excluding carboxylic acids is 1. The SMILES string of the molecule is Cc1ccc(CCNC(=O)C(Cc2c[nH]c3ccccc23)NS(=O)(=O)c2ccc(C)cc2)cc1. The fourth-order valence-electron chi connectivity index (χ4n) is 3.89. The maximum absolute atomic E-state index is 13.2. The summed E-state index contributed by atoms with van der Waals surface area (Å²) in [5, 5.41) is 3.88. The molecule has 34 heavy (non-hydrogen) atoms. The minimum absolute atomic E-state index is 0.134. The third-order valence-corrected chi connectivity index (χ3v) is 7.37. The Morgan fingerprint density at radius 2 is 1.56 bits per heavy atom. The van der Waals surface area contributed by atoms with Crippen molar-refractivity contribution in [1.29, 1.82) is 0 Å². The molecule has 0 saturated carbocycles. The van der Waals surface area contributed by atoms with Gasteiger partial charge in [-0.15, -0.1) is 0 Å². The molecule has 1 heterocycles. The van der Waals surface area contributed by atoms with Gasteiger partial charge in [0.2, 0.25) is 15.9 Å². The first-order chi connectivity index (χ1) is 16.3. The first-order valence-electron chi connectivity index (χ1n) is 11.3. The molecule has 4 aromatic rings. The molecule has 1 atom stereocenters. The van der Waals surface area contributed by atoms with Crippen LogP contribution in [0.25, 0.3) is 10.9 Å². The number of fused-ring (bicyclic) bond motifs is 1. The number of amides is 1. The number of hydrogen-bond donors (Lipinski definition) is 3. The molecule has 3 aromatic carbocycles. The molecule has 6 nitrogen and oxygen atoms in total. The third-order valence-electron chi connectivity index (χ3n) is 5.88. The highest BCUT2D eigenvalue weighted by atomic mass is 32.2. The molecule has 0 radical (unpaired) electrons. The van der Waals surface area contributed by atoms with Crippen molar-refractivity contribution in [3.05, 3.63) is 101 Å². The third kappa shape index (κ3) is 5.73. The van der Waals surface area contributed by atoms with Crippen molar-refractivity contribution >= 4 is 26.8 Å². The Bertz CT molecular complexity index is 1370. The minimum atomic E-state index is -3.88. The van der Waals surface area contributed by atoms with Gasteiger partial charge in [-0.3, -0.25) is 4.79 Å². The van der Waals surface area contributed by atoms with Crippen molar-refractivity contribution in [1.82, 2.24) is 15.0 Å².